The van der Waals surface area contributed by atoms with Crippen molar-refractivity contribution in [2.45, 2.75) is 26.9 Å². The Hall–Kier alpha value is -1.75. The fourth-order valence-electron chi connectivity index (χ4n) is 1.92. The van der Waals surface area contributed by atoms with Crippen molar-refractivity contribution >= 4 is 5.97 Å². The number of fused-ring (bicyclic) bond motifs is 1. The number of carboxylic acid groups (broad SMARTS) is 1. The van der Waals surface area contributed by atoms with E-state index in [0.717, 1.165) is 0 Å². The monoisotopic (exact) mass is 266 g/mol. The predicted octanol–water partition coefficient (Wildman–Crippen LogP) is 1.91. The highest BCUT2D eigenvalue weighted by atomic mass is 16.5. The molecule has 1 aliphatic heterocycles. The molecule has 0 radical (unpaired) electrons. The number of aryl methyl sites for hydroxylation is 1. The number of carboxylic acids is 1. The summed E-state index contributed by atoms with van der Waals surface area (Å²) in [6, 6.07) is 3.25. The maximum atomic E-state index is 10.9. The van der Waals surface area contributed by atoms with E-state index in [2.05, 4.69) is 0 Å². The second kappa shape index (κ2) is 4.74. The number of carbonyl (C=O) groups is 1. The third-order valence-corrected chi connectivity index (χ3v) is 3.10. The molecule has 0 aliphatic carbocycles. The van der Waals surface area contributed by atoms with Crippen molar-refractivity contribution in [2.24, 2.45) is 5.41 Å². The van der Waals surface area contributed by atoms with Crippen LogP contribution in [0.5, 0.6) is 11.5 Å². The number of benzene rings is 1. The Morgan fingerprint density at radius 3 is 2.32 bits per heavy atom. The molecule has 0 saturated carbocycles. The largest absolute Gasteiger partial charge is 0.489 e. The van der Waals surface area contributed by atoms with Crippen LogP contribution in [0.1, 0.15) is 31.1 Å². The van der Waals surface area contributed by atoms with E-state index >= 15 is 0 Å². The maximum absolute atomic E-state index is 10.9. The molecule has 0 saturated heterocycles. The van der Waals surface area contributed by atoms with E-state index in [1.165, 1.54) is 0 Å². The van der Waals surface area contributed by atoms with Gasteiger partial charge in [-0.15, -0.1) is 0 Å². The molecule has 1 heterocycles. The summed E-state index contributed by atoms with van der Waals surface area (Å²) >= 11 is 0. The molecular weight excluding hydrogens is 248 g/mol. The smallest absolute Gasteiger partial charge is 0.337 e. The Morgan fingerprint density at radius 1 is 1.26 bits per heavy atom. The highest BCUT2D eigenvalue weighted by Crippen LogP contribution is 2.37. The van der Waals surface area contributed by atoms with E-state index in [1.807, 2.05) is 13.8 Å². The molecule has 1 atom stereocenters. The van der Waals surface area contributed by atoms with Gasteiger partial charge < -0.3 is 19.7 Å². The van der Waals surface area contributed by atoms with E-state index in [0.29, 0.717) is 35.8 Å². The lowest BCUT2D eigenvalue weighted by molar-refractivity contribution is -0.147. The van der Waals surface area contributed by atoms with Crippen LogP contribution in [0, 0.1) is 12.3 Å². The topological polar surface area (TPSA) is 76.0 Å². The number of aliphatic carboxylic acids is 1. The fourth-order valence-corrected chi connectivity index (χ4v) is 1.92. The van der Waals surface area contributed by atoms with Crippen molar-refractivity contribution in [3.8, 4) is 11.5 Å². The van der Waals surface area contributed by atoms with Crippen LogP contribution in [0.2, 0.25) is 0 Å². The molecule has 1 unspecified atom stereocenters. The second-order valence-corrected chi connectivity index (χ2v) is 5.64. The number of hydrogen-bond donors (Lipinski definition) is 2. The van der Waals surface area contributed by atoms with Gasteiger partial charge in [-0.3, -0.25) is 0 Å². The first-order valence-corrected chi connectivity index (χ1v) is 6.11. The first-order valence-electron chi connectivity index (χ1n) is 6.11. The van der Waals surface area contributed by atoms with E-state index in [1.54, 1.807) is 19.1 Å². The highest BCUT2D eigenvalue weighted by Gasteiger charge is 2.27. The zero-order valence-electron chi connectivity index (χ0n) is 11.3. The first-order chi connectivity index (χ1) is 8.80. The molecule has 19 heavy (non-hydrogen) atoms. The van der Waals surface area contributed by atoms with Crippen molar-refractivity contribution < 1.29 is 24.5 Å². The molecule has 0 bridgehead atoms. The minimum atomic E-state index is -1.55. The van der Waals surface area contributed by atoms with Gasteiger partial charge in [0.05, 0.1) is 13.2 Å². The average Bonchev–Trinajstić information content (AvgIpc) is 2.47. The van der Waals surface area contributed by atoms with Gasteiger partial charge >= 0.3 is 5.97 Å². The lowest BCUT2D eigenvalue weighted by Crippen LogP contribution is -2.26. The van der Waals surface area contributed by atoms with Gasteiger partial charge in [-0.25, -0.2) is 4.79 Å². The van der Waals surface area contributed by atoms with Crippen LogP contribution in [0.3, 0.4) is 0 Å². The molecule has 5 heteroatoms. The molecule has 1 aromatic rings. The Morgan fingerprint density at radius 2 is 1.79 bits per heavy atom. The van der Waals surface area contributed by atoms with Crippen LogP contribution in [0.15, 0.2) is 12.1 Å². The van der Waals surface area contributed by atoms with Gasteiger partial charge in [-0.1, -0.05) is 13.8 Å². The lowest BCUT2D eigenvalue weighted by atomic mass is 9.97. The minimum Gasteiger partial charge on any atom is -0.489 e. The van der Waals surface area contributed by atoms with E-state index < -0.39 is 12.1 Å². The van der Waals surface area contributed by atoms with Crippen molar-refractivity contribution in [3.63, 3.8) is 0 Å². The Balaban J connectivity index is 2.39. The third-order valence-electron chi connectivity index (χ3n) is 3.10. The van der Waals surface area contributed by atoms with Gasteiger partial charge in [0.1, 0.15) is 0 Å². The van der Waals surface area contributed by atoms with Gasteiger partial charge in [0, 0.05) is 5.41 Å². The molecule has 0 spiro atoms. The summed E-state index contributed by atoms with van der Waals surface area (Å²) < 4.78 is 11.3. The van der Waals surface area contributed by atoms with Crippen LogP contribution in [0.4, 0.5) is 0 Å². The van der Waals surface area contributed by atoms with E-state index in [9.17, 15) is 9.90 Å². The average molecular weight is 266 g/mol. The standard InChI is InChI=1S/C14H18O5/c1-8-4-10-11(5-9(8)12(15)13(16)17)19-7-14(2,3)6-18-10/h4-5,12,15H,6-7H2,1-3H3,(H,16,17). The number of aliphatic hydroxyl groups is 1. The first kappa shape index (κ1) is 13.7. The van der Waals surface area contributed by atoms with Gasteiger partial charge in [-0.05, 0) is 30.2 Å². The van der Waals surface area contributed by atoms with Crippen molar-refractivity contribution in [2.75, 3.05) is 13.2 Å². The number of rotatable bonds is 2. The molecule has 5 nitrogen and oxygen atoms in total. The SMILES string of the molecule is Cc1cc2c(cc1C(O)C(=O)O)OCC(C)(C)CO2. The summed E-state index contributed by atoms with van der Waals surface area (Å²) in [4.78, 5) is 10.9. The number of ether oxygens (including phenoxy) is 2. The second-order valence-electron chi connectivity index (χ2n) is 5.64. The minimum absolute atomic E-state index is 0.113. The summed E-state index contributed by atoms with van der Waals surface area (Å²) in [5, 5.41) is 18.5. The molecule has 1 aliphatic rings. The lowest BCUT2D eigenvalue weighted by Gasteiger charge is -2.19. The third kappa shape index (κ3) is 2.81. The van der Waals surface area contributed by atoms with Crippen molar-refractivity contribution in [1.29, 1.82) is 0 Å². The van der Waals surface area contributed by atoms with Crippen LogP contribution in [0.25, 0.3) is 0 Å². The number of hydrogen-bond acceptors (Lipinski definition) is 4. The Kier molecular flexibility index (Phi) is 3.41. The van der Waals surface area contributed by atoms with Crippen molar-refractivity contribution in [3.05, 3.63) is 23.3 Å². The summed E-state index contributed by atoms with van der Waals surface area (Å²) in [5.41, 5.74) is 0.880. The Labute approximate surface area is 111 Å². The molecule has 0 aromatic heterocycles. The van der Waals surface area contributed by atoms with Crippen LogP contribution in [-0.2, 0) is 4.79 Å². The normalized spacial score (nSPS) is 18.5. The molecule has 0 fully saturated rings. The van der Waals surface area contributed by atoms with Gasteiger partial charge in [-0.2, -0.15) is 0 Å². The zero-order valence-corrected chi connectivity index (χ0v) is 11.3. The maximum Gasteiger partial charge on any atom is 0.337 e. The summed E-state index contributed by atoms with van der Waals surface area (Å²) in [5.74, 6) is -0.214. The zero-order chi connectivity index (χ0) is 14.2. The molecule has 0 amide bonds. The van der Waals surface area contributed by atoms with Gasteiger partial charge in [0.2, 0.25) is 0 Å². The Bertz CT molecular complexity index is 507. The molecule has 2 rings (SSSR count). The summed E-state index contributed by atoms with van der Waals surface area (Å²) in [7, 11) is 0. The highest BCUT2D eigenvalue weighted by molar-refractivity contribution is 5.75. The molecule has 2 N–H and O–H groups in total. The molecule has 1 aromatic carbocycles. The summed E-state index contributed by atoms with van der Waals surface area (Å²) in [6.07, 6.45) is -1.55. The van der Waals surface area contributed by atoms with Crippen LogP contribution >= 0.6 is 0 Å². The predicted molar refractivity (Wildman–Crippen MR) is 68.5 cm³/mol. The summed E-state index contributed by atoms with van der Waals surface area (Å²) in [6.45, 7) is 6.80. The van der Waals surface area contributed by atoms with E-state index in [-0.39, 0.29) is 5.41 Å². The fraction of sp³-hybridized carbons (Fsp3) is 0.500. The molecule has 104 valence electrons. The number of aliphatic hydroxyl groups excluding tert-OH is 1. The van der Waals surface area contributed by atoms with Crippen LogP contribution in [-0.4, -0.2) is 29.4 Å². The van der Waals surface area contributed by atoms with Crippen molar-refractivity contribution in [1.82, 2.24) is 0 Å². The quantitative estimate of drug-likeness (QED) is 0.855. The van der Waals surface area contributed by atoms with Gasteiger partial charge in [0.25, 0.3) is 0 Å². The van der Waals surface area contributed by atoms with Crippen LogP contribution < -0.4 is 9.47 Å². The van der Waals surface area contributed by atoms with Gasteiger partial charge in [0.15, 0.2) is 17.6 Å². The molecular formula is C14H18O5. The van der Waals surface area contributed by atoms with E-state index in [4.69, 9.17) is 14.6 Å².